The van der Waals surface area contributed by atoms with Gasteiger partial charge in [-0.15, -0.1) is 5.10 Å². The lowest BCUT2D eigenvalue weighted by Crippen LogP contribution is -2.36. The van der Waals surface area contributed by atoms with E-state index in [1.165, 1.54) is 24.6 Å². The number of sulfonamides is 1. The third-order valence-electron chi connectivity index (χ3n) is 5.23. The fraction of sp³-hybridized carbons (Fsp3) is 0.333. The Morgan fingerprint density at radius 1 is 1.12 bits per heavy atom. The second kappa shape index (κ2) is 9.27. The Balaban J connectivity index is 1.54. The van der Waals surface area contributed by atoms with Gasteiger partial charge in [0.2, 0.25) is 10.0 Å². The number of nitrogens with zero attached hydrogens (tertiary/aromatic N) is 4. The summed E-state index contributed by atoms with van der Waals surface area (Å²) in [6.45, 7) is 6.18. The van der Waals surface area contributed by atoms with Crippen molar-refractivity contribution in [1.82, 2.24) is 19.5 Å². The zero-order valence-corrected chi connectivity index (χ0v) is 20.0. The van der Waals surface area contributed by atoms with Crippen LogP contribution < -0.4 is 14.4 Å². The largest absolute Gasteiger partial charge is 0.424 e. The molecule has 8 nitrogen and oxygen atoms in total. The van der Waals surface area contributed by atoms with E-state index in [0.717, 1.165) is 18.8 Å². The molecule has 2 aromatic carbocycles. The van der Waals surface area contributed by atoms with Crippen molar-refractivity contribution in [2.24, 2.45) is 0 Å². The van der Waals surface area contributed by atoms with Crippen LogP contribution >= 0.6 is 23.2 Å². The van der Waals surface area contributed by atoms with Crippen LogP contribution in [-0.4, -0.2) is 36.3 Å². The molecule has 0 saturated carbocycles. The van der Waals surface area contributed by atoms with Gasteiger partial charge in [-0.25, -0.2) is 13.1 Å². The van der Waals surface area contributed by atoms with Gasteiger partial charge in [0.05, 0.1) is 21.0 Å². The predicted molar refractivity (Wildman–Crippen MR) is 124 cm³/mol. The summed E-state index contributed by atoms with van der Waals surface area (Å²) in [5.41, 5.74) is 1.10. The third-order valence-corrected chi connectivity index (χ3v) is 7.51. The van der Waals surface area contributed by atoms with Gasteiger partial charge in [0.1, 0.15) is 5.75 Å². The average Bonchev–Trinajstić information content (AvgIpc) is 3.11. The molecule has 0 bridgehead atoms. The lowest BCUT2D eigenvalue weighted by molar-refractivity contribution is 0.407. The summed E-state index contributed by atoms with van der Waals surface area (Å²) >= 11 is 11.9. The minimum absolute atomic E-state index is 0.0144. The summed E-state index contributed by atoms with van der Waals surface area (Å²) in [5.74, 6) is 1.08. The fourth-order valence-electron chi connectivity index (χ4n) is 3.41. The van der Waals surface area contributed by atoms with Crippen molar-refractivity contribution in [2.75, 3.05) is 18.0 Å². The molecule has 0 aliphatic carbocycles. The Labute approximate surface area is 197 Å². The second-order valence-corrected chi connectivity index (χ2v) is 9.97. The molecule has 1 saturated heterocycles. The number of hydrogen-bond donors (Lipinski definition) is 1. The molecular formula is C21H23Cl2N5O3S. The van der Waals surface area contributed by atoms with Crippen molar-refractivity contribution in [2.45, 2.75) is 37.8 Å². The monoisotopic (exact) mass is 495 g/mol. The molecule has 1 aliphatic heterocycles. The highest BCUT2D eigenvalue weighted by Crippen LogP contribution is 2.29. The van der Waals surface area contributed by atoms with Crippen LogP contribution in [0, 0.1) is 0 Å². The van der Waals surface area contributed by atoms with Crippen LogP contribution in [0.3, 0.4) is 0 Å². The lowest BCUT2D eigenvalue weighted by Gasteiger charge is -2.33. The second-order valence-electron chi connectivity index (χ2n) is 7.44. The smallest absolute Gasteiger partial charge is 0.322 e. The first kappa shape index (κ1) is 22.8. The van der Waals surface area contributed by atoms with Gasteiger partial charge in [-0.3, -0.25) is 4.57 Å². The van der Waals surface area contributed by atoms with Crippen molar-refractivity contribution >= 4 is 38.9 Å². The van der Waals surface area contributed by atoms with Gasteiger partial charge in [0.25, 0.3) is 0 Å². The van der Waals surface area contributed by atoms with Crippen molar-refractivity contribution in [3.63, 3.8) is 0 Å². The molecule has 1 atom stereocenters. The zero-order chi connectivity index (χ0) is 22.9. The average molecular weight is 496 g/mol. The van der Waals surface area contributed by atoms with E-state index in [2.05, 4.69) is 19.8 Å². The highest BCUT2D eigenvalue weighted by molar-refractivity contribution is 7.89. The SMILES string of the molecule is CCn1c(Oc2cccc(N3CCC3)c2)nnc1[C@@H](C)NS(=O)(=O)c1ccc(Cl)c(Cl)c1. The third kappa shape index (κ3) is 4.71. The summed E-state index contributed by atoms with van der Waals surface area (Å²) in [5, 5.41) is 8.77. The fourth-order valence-corrected chi connectivity index (χ4v) is 5.00. The number of halogens is 2. The van der Waals surface area contributed by atoms with E-state index >= 15 is 0 Å². The van der Waals surface area contributed by atoms with Crippen LogP contribution in [0.1, 0.15) is 32.1 Å². The summed E-state index contributed by atoms with van der Waals surface area (Å²) in [4.78, 5) is 2.28. The van der Waals surface area contributed by atoms with E-state index in [-0.39, 0.29) is 14.9 Å². The highest BCUT2D eigenvalue weighted by Gasteiger charge is 2.25. The molecule has 1 fully saturated rings. The number of benzene rings is 2. The van der Waals surface area contributed by atoms with Crippen molar-refractivity contribution in [3.8, 4) is 11.8 Å². The number of ether oxygens (including phenoxy) is 1. The van der Waals surface area contributed by atoms with E-state index < -0.39 is 16.1 Å². The van der Waals surface area contributed by atoms with Gasteiger partial charge in [-0.2, -0.15) is 0 Å². The molecule has 170 valence electrons. The summed E-state index contributed by atoms with van der Waals surface area (Å²) in [7, 11) is -3.85. The van der Waals surface area contributed by atoms with Crippen LogP contribution in [0.4, 0.5) is 5.69 Å². The van der Waals surface area contributed by atoms with Gasteiger partial charge in [-0.05, 0) is 50.6 Å². The zero-order valence-electron chi connectivity index (χ0n) is 17.6. The summed E-state index contributed by atoms with van der Waals surface area (Å²) in [6, 6.07) is 11.6. The number of hydrogen-bond acceptors (Lipinski definition) is 6. The summed E-state index contributed by atoms with van der Waals surface area (Å²) < 4.78 is 35.9. The molecule has 0 radical (unpaired) electrons. The van der Waals surface area contributed by atoms with Crippen molar-refractivity contribution in [3.05, 3.63) is 58.3 Å². The first-order valence-corrected chi connectivity index (χ1v) is 12.5. The Morgan fingerprint density at radius 2 is 1.91 bits per heavy atom. The molecule has 4 rings (SSSR count). The van der Waals surface area contributed by atoms with Gasteiger partial charge >= 0.3 is 6.01 Å². The Bertz CT molecular complexity index is 1230. The van der Waals surface area contributed by atoms with E-state index in [1.807, 2.05) is 31.2 Å². The topological polar surface area (TPSA) is 89.3 Å². The van der Waals surface area contributed by atoms with E-state index in [4.69, 9.17) is 27.9 Å². The number of nitrogens with one attached hydrogen (secondary N) is 1. The van der Waals surface area contributed by atoms with Crippen molar-refractivity contribution in [1.29, 1.82) is 0 Å². The van der Waals surface area contributed by atoms with Crippen LogP contribution in [0.25, 0.3) is 0 Å². The van der Waals surface area contributed by atoms with Crippen LogP contribution in [0.2, 0.25) is 10.0 Å². The van der Waals surface area contributed by atoms with Gasteiger partial charge in [-0.1, -0.05) is 34.4 Å². The Hall–Kier alpha value is -2.33. The molecule has 11 heteroatoms. The maximum atomic E-state index is 12.8. The normalized spacial score (nSPS) is 14.8. The quantitative estimate of drug-likeness (QED) is 0.489. The molecule has 0 spiro atoms. The van der Waals surface area contributed by atoms with E-state index in [1.54, 1.807) is 11.5 Å². The van der Waals surface area contributed by atoms with Crippen LogP contribution in [-0.2, 0) is 16.6 Å². The predicted octanol–water partition coefficient (Wildman–Crippen LogP) is 4.65. The first-order valence-electron chi connectivity index (χ1n) is 10.2. The Kier molecular flexibility index (Phi) is 6.62. The molecule has 3 aromatic rings. The molecule has 1 aromatic heterocycles. The highest BCUT2D eigenvalue weighted by atomic mass is 35.5. The summed E-state index contributed by atoms with van der Waals surface area (Å²) in [6.07, 6.45) is 1.19. The lowest BCUT2D eigenvalue weighted by atomic mass is 10.2. The van der Waals surface area contributed by atoms with Gasteiger partial charge in [0, 0.05) is 31.4 Å². The maximum absolute atomic E-state index is 12.8. The Morgan fingerprint density at radius 3 is 2.56 bits per heavy atom. The number of anilines is 1. The minimum atomic E-state index is -3.85. The first-order chi connectivity index (χ1) is 15.3. The molecule has 0 amide bonds. The van der Waals surface area contributed by atoms with Gasteiger partial charge in [0.15, 0.2) is 5.82 Å². The van der Waals surface area contributed by atoms with E-state index in [9.17, 15) is 8.42 Å². The maximum Gasteiger partial charge on any atom is 0.322 e. The molecule has 2 heterocycles. The molecule has 1 N–H and O–H groups in total. The van der Waals surface area contributed by atoms with Crippen LogP contribution in [0.15, 0.2) is 47.4 Å². The van der Waals surface area contributed by atoms with Crippen LogP contribution in [0.5, 0.6) is 11.8 Å². The molecule has 1 aliphatic rings. The van der Waals surface area contributed by atoms with Gasteiger partial charge < -0.3 is 9.64 Å². The minimum Gasteiger partial charge on any atom is -0.424 e. The number of aromatic nitrogens is 3. The number of rotatable bonds is 8. The molecule has 32 heavy (non-hydrogen) atoms. The molecular weight excluding hydrogens is 473 g/mol. The van der Waals surface area contributed by atoms with E-state index in [0.29, 0.717) is 24.1 Å². The standard InChI is InChI=1S/C21H23Cl2N5O3S/c1-3-28-20(14(2)26-32(29,30)17-8-9-18(22)19(23)13-17)24-25-21(28)31-16-7-4-6-15(12-16)27-10-5-11-27/h4,6-9,12-14,26H,3,5,10-11H2,1-2H3/t14-/m1/s1. The van der Waals surface area contributed by atoms with Crippen molar-refractivity contribution < 1.29 is 13.2 Å². The molecule has 0 unspecified atom stereocenters.